The Kier molecular flexibility index (Phi) is 1.21. The molecule has 0 atom stereocenters. The van der Waals surface area contributed by atoms with Crippen LogP contribution >= 0.6 is 0 Å². The van der Waals surface area contributed by atoms with Gasteiger partial charge in [-0.15, -0.1) is 0 Å². The van der Waals surface area contributed by atoms with Crippen molar-refractivity contribution < 1.29 is 2.74 Å². The lowest BCUT2D eigenvalue weighted by atomic mass is 10.0. The summed E-state index contributed by atoms with van der Waals surface area (Å²) in [5.41, 5.74) is 3.87. The van der Waals surface area contributed by atoms with Crippen LogP contribution in [-0.4, -0.2) is 0 Å². The van der Waals surface area contributed by atoms with Crippen molar-refractivity contribution >= 4 is 0 Å². The molecule has 0 bridgehead atoms. The Morgan fingerprint density at radius 1 is 1.00 bits per heavy atom. The molecule has 10 heavy (non-hydrogen) atoms. The summed E-state index contributed by atoms with van der Waals surface area (Å²) < 4.78 is 15.4. The van der Waals surface area contributed by atoms with Gasteiger partial charge in [0, 0.05) is 0 Å². The number of rotatable bonds is 0. The van der Waals surface area contributed by atoms with Gasteiger partial charge in [0.1, 0.15) is 0 Å². The summed E-state index contributed by atoms with van der Waals surface area (Å²) in [5, 5.41) is 0. The minimum absolute atomic E-state index is 0.517. The molecule has 1 aromatic carbocycles. The molecule has 0 nitrogen and oxygen atoms in total. The fourth-order valence-electron chi connectivity index (χ4n) is 1.06. The van der Waals surface area contributed by atoms with Crippen LogP contribution in [0.3, 0.4) is 0 Å². The Balaban J connectivity index is 3.60. The van der Waals surface area contributed by atoms with Crippen molar-refractivity contribution in [2.75, 3.05) is 0 Å². The average Bonchev–Trinajstić information content (AvgIpc) is 2.08. The average molecular weight is 136 g/mol. The number of hydrogen-bond donors (Lipinski definition) is 0. The molecule has 0 saturated heterocycles. The van der Waals surface area contributed by atoms with Crippen molar-refractivity contribution in [3.05, 3.63) is 34.3 Å². The molecule has 1 rings (SSSR count). The Bertz CT molecular complexity index is 222. The Morgan fingerprint density at radius 2 is 1.40 bits per heavy atom. The molecule has 0 aliphatic rings. The Hall–Kier alpha value is -0.780. The van der Waals surface area contributed by atoms with Crippen molar-refractivity contribution in [1.82, 2.24) is 0 Å². The zero-order valence-electron chi connectivity index (χ0n) is 9.00. The monoisotopic (exact) mass is 136 g/mol. The van der Waals surface area contributed by atoms with Gasteiger partial charge in [0.05, 0.1) is 2.74 Å². The van der Waals surface area contributed by atoms with Crippen LogP contribution < -0.4 is 0 Å². The molecule has 0 heteroatoms. The molecule has 0 aliphatic heterocycles. The highest BCUT2D eigenvalue weighted by molar-refractivity contribution is 5.35. The van der Waals surface area contributed by atoms with Gasteiger partial charge in [-0.25, -0.2) is 0 Å². The number of benzene rings is 1. The zero-order valence-corrected chi connectivity index (χ0v) is 7.00. The van der Waals surface area contributed by atoms with E-state index >= 15 is 0 Å². The second-order valence-electron chi connectivity index (χ2n) is 2.75. The summed E-state index contributed by atoms with van der Waals surface area (Å²) in [4.78, 5) is 0. The lowest BCUT2D eigenvalue weighted by molar-refractivity contribution is 1.23. The second kappa shape index (κ2) is 2.45. The number of hydrogen-bond acceptors (Lipinski definition) is 0. The summed E-state index contributed by atoms with van der Waals surface area (Å²) in [7, 11) is 0. The predicted molar refractivity (Wildman–Crippen MR) is 45.4 cm³/mol. The maximum absolute atomic E-state index is 7.70. The van der Waals surface area contributed by atoms with Gasteiger partial charge in [-0.3, -0.25) is 0 Å². The largest absolute Gasteiger partial charge is 0.0628 e. The smallest absolute Gasteiger partial charge is 0.0561 e. The van der Waals surface area contributed by atoms with Gasteiger partial charge in [0.2, 0.25) is 0 Å². The molecule has 0 radical (unpaired) electrons. The molecular formula is C10H14. The molecule has 0 N–H and O–H groups in total. The second-order valence-corrected chi connectivity index (χ2v) is 2.75. The molecule has 0 heterocycles. The quantitative estimate of drug-likeness (QED) is 0.514. The zero-order chi connectivity index (χ0) is 9.46. The molecular weight excluding hydrogens is 120 g/mol. The molecule has 0 spiro atoms. The van der Waals surface area contributed by atoms with Crippen LogP contribution in [0.5, 0.6) is 0 Å². The molecule has 0 aliphatic carbocycles. The van der Waals surface area contributed by atoms with Gasteiger partial charge in [0.15, 0.2) is 0 Å². The fourth-order valence-corrected chi connectivity index (χ4v) is 1.06. The maximum Gasteiger partial charge on any atom is 0.0628 e. The van der Waals surface area contributed by atoms with Crippen molar-refractivity contribution in [2.45, 2.75) is 27.7 Å². The van der Waals surface area contributed by atoms with Crippen LogP contribution in [0.1, 0.15) is 25.0 Å². The summed E-state index contributed by atoms with van der Waals surface area (Å²) in [6.07, 6.45) is 0. The SMILES string of the molecule is [2H]c1c(C)c([2H])c(C)c(C)c1C. The molecule has 54 valence electrons. The normalized spacial score (nSPS) is 12.8. The van der Waals surface area contributed by atoms with E-state index in [0.29, 0.717) is 12.1 Å². The van der Waals surface area contributed by atoms with Crippen LogP contribution in [0.25, 0.3) is 0 Å². The van der Waals surface area contributed by atoms with E-state index in [9.17, 15) is 0 Å². The van der Waals surface area contributed by atoms with Crippen LogP contribution in [0.4, 0.5) is 0 Å². The lowest BCUT2D eigenvalue weighted by Crippen LogP contribution is -1.86. The van der Waals surface area contributed by atoms with E-state index in [1.54, 1.807) is 0 Å². The third kappa shape index (κ3) is 1.21. The summed E-state index contributed by atoms with van der Waals surface area (Å²) in [5.74, 6) is 0. The summed E-state index contributed by atoms with van der Waals surface area (Å²) in [6, 6.07) is 1.03. The van der Waals surface area contributed by atoms with E-state index in [1.165, 1.54) is 0 Å². The molecule has 0 amide bonds. The molecule has 0 fully saturated rings. The third-order valence-electron chi connectivity index (χ3n) is 1.88. The standard InChI is InChI=1S/C10H14/c1-7-5-8(2)10(4)9(3)6-7/h5-6H,1-4H3/i5D,6D. The van der Waals surface area contributed by atoms with E-state index < -0.39 is 0 Å². The van der Waals surface area contributed by atoms with E-state index in [0.717, 1.165) is 22.3 Å². The van der Waals surface area contributed by atoms with Gasteiger partial charge >= 0.3 is 0 Å². The minimum Gasteiger partial charge on any atom is -0.0561 e. The van der Waals surface area contributed by atoms with E-state index in [4.69, 9.17) is 2.74 Å². The highest BCUT2D eigenvalue weighted by atomic mass is 14.0. The van der Waals surface area contributed by atoms with E-state index in [-0.39, 0.29) is 0 Å². The van der Waals surface area contributed by atoms with E-state index in [2.05, 4.69) is 0 Å². The summed E-state index contributed by atoms with van der Waals surface area (Å²) in [6.45, 7) is 7.69. The van der Waals surface area contributed by atoms with Crippen molar-refractivity contribution in [3.8, 4) is 0 Å². The Morgan fingerprint density at radius 3 is 1.80 bits per heavy atom. The third-order valence-corrected chi connectivity index (χ3v) is 1.88. The van der Waals surface area contributed by atoms with Crippen LogP contribution in [0.15, 0.2) is 12.1 Å². The van der Waals surface area contributed by atoms with E-state index in [1.807, 2.05) is 27.7 Å². The topological polar surface area (TPSA) is 0 Å². The van der Waals surface area contributed by atoms with Gasteiger partial charge in [-0.2, -0.15) is 0 Å². The van der Waals surface area contributed by atoms with Gasteiger partial charge in [0.25, 0.3) is 0 Å². The summed E-state index contributed by atoms with van der Waals surface area (Å²) >= 11 is 0. The molecule has 0 saturated carbocycles. The highest BCUT2D eigenvalue weighted by Crippen LogP contribution is 2.13. The van der Waals surface area contributed by atoms with Crippen molar-refractivity contribution in [1.29, 1.82) is 0 Å². The van der Waals surface area contributed by atoms with Gasteiger partial charge in [-0.05, 0) is 44.4 Å². The first-order chi connectivity index (χ1) is 5.46. The molecule has 1 aromatic rings. The van der Waals surface area contributed by atoms with Crippen LogP contribution in [0, 0.1) is 27.7 Å². The lowest BCUT2D eigenvalue weighted by Gasteiger charge is -2.04. The fraction of sp³-hybridized carbons (Fsp3) is 0.400. The van der Waals surface area contributed by atoms with Crippen LogP contribution in [0.2, 0.25) is 0 Å². The highest BCUT2D eigenvalue weighted by Gasteiger charge is 1.95. The minimum atomic E-state index is 0.517. The first kappa shape index (κ1) is 4.95. The van der Waals surface area contributed by atoms with Gasteiger partial charge in [-0.1, -0.05) is 17.6 Å². The molecule has 0 unspecified atom stereocenters. The van der Waals surface area contributed by atoms with Crippen molar-refractivity contribution in [2.24, 2.45) is 0 Å². The molecule has 0 aromatic heterocycles. The predicted octanol–water partition coefficient (Wildman–Crippen LogP) is 2.92. The Labute approximate surface area is 65.7 Å². The first-order valence-electron chi connectivity index (χ1n) is 4.50. The first-order valence-corrected chi connectivity index (χ1v) is 3.50. The van der Waals surface area contributed by atoms with Crippen LogP contribution in [-0.2, 0) is 0 Å². The van der Waals surface area contributed by atoms with Crippen molar-refractivity contribution in [3.63, 3.8) is 0 Å². The van der Waals surface area contributed by atoms with Gasteiger partial charge < -0.3 is 0 Å². The maximum atomic E-state index is 7.70.